The summed E-state index contributed by atoms with van der Waals surface area (Å²) in [7, 11) is 3.04. The van der Waals surface area contributed by atoms with Gasteiger partial charge >= 0.3 is 0 Å². The second-order valence-electron chi connectivity index (χ2n) is 10.7. The topological polar surface area (TPSA) is 72.9 Å². The number of fused-ring (bicyclic) bond motifs is 5. The molecule has 1 aliphatic carbocycles. The van der Waals surface area contributed by atoms with Crippen LogP contribution in [0.1, 0.15) is 48.1 Å². The number of carbonyl (C=O) groups is 3. The van der Waals surface area contributed by atoms with E-state index in [1.807, 2.05) is 11.0 Å². The summed E-state index contributed by atoms with van der Waals surface area (Å²) in [6.45, 7) is 0. The standard InChI is InChI=1S/C35H26FNO5/c1-41-23-14-15-26(28(19-23)42-2)30-31(32(38)20-8-4-3-5-9-20)37-27-16-13-22(36)18-21(27)12-17-29(37)35(30)33(39)24-10-6-7-11-25(24)34(35)40/h3-19,29-31H,1-2H3/t29-,30+,31-/m0/s1. The summed E-state index contributed by atoms with van der Waals surface area (Å²) in [5.74, 6) is -1.42. The van der Waals surface area contributed by atoms with Crippen LogP contribution >= 0.6 is 0 Å². The monoisotopic (exact) mass is 559 g/mol. The van der Waals surface area contributed by atoms with E-state index in [9.17, 15) is 18.8 Å². The van der Waals surface area contributed by atoms with Gasteiger partial charge in [-0.05, 0) is 24.3 Å². The Bertz CT molecular complexity index is 1780. The Morgan fingerprint density at radius 3 is 2.19 bits per heavy atom. The fourth-order valence-electron chi connectivity index (χ4n) is 7.14. The third-order valence-electron chi connectivity index (χ3n) is 8.87. The van der Waals surface area contributed by atoms with E-state index in [1.165, 1.54) is 26.4 Å². The van der Waals surface area contributed by atoms with Crippen molar-refractivity contribution in [1.29, 1.82) is 0 Å². The van der Waals surface area contributed by atoms with Crippen molar-refractivity contribution in [2.24, 2.45) is 5.41 Å². The van der Waals surface area contributed by atoms with E-state index < -0.39 is 29.2 Å². The predicted octanol–water partition coefficient (Wildman–Crippen LogP) is 6.16. The third-order valence-corrected chi connectivity index (χ3v) is 8.87. The third kappa shape index (κ3) is 3.40. The van der Waals surface area contributed by atoms with Crippen LogP contribution in [0.5, 0.6) is 11.5 Å². The molecule has 0 radical (unpaired) electrons. The first-order chi connectivity index (χ1) is 20.4. The lowest BCUT2D eigenvalue weighted by molar-refractivity contribution is 0.0665. The van der Waals surface area contributed by atoms with Crippen molar-refractivity contribution < 1.29 is 28.2 Å². The van der Waals surface area contributed by atoms with E-state index in [-0.39, 0.29) is 17.3 Å². The Balaban J connectivity index is 1.57. The summed E-state index contributed by atoms with van der Waals surface area (Å²) >= 11 is 0. The lowest BCUT2D eigenvalue weighted by Gasteiger charge is -2.37. The van der Waals surface area contributed by atoms with Crippen molar-refractivity contribution in [2.45, 2.75) is 18.0 Å². The van der Waals surface area contributed by atoms with Gasteiger partial charge in [0.25, 0.3) is 0 Å². The second kappa shape index (κ2) is 9.52. The van der Waals surface area contributed by atoms with Crippen molar-refractivity contribution in [3.8, 4) is 11.5 Å². The fourth-order valence-corrected chi connectivity index (χ4v) is 7.14. The van der Waals surface area contributed by atoms with Crippen LogP contribution in [0.4, 0.5) is 10.1 Å². The molecule has 6 nitrogen and oxygen atoms in total. The van der Waals surface area contributed by atoms with Gasteiger partial charge in [-0.25, -0.2) is 4.39 Å². The number of rotatable bonds is 5. The molecule has 0 N–H and O–H groups in total. The minimum absolute atomic E-state index is 0.262. The molecule has 4 aromatic carbocycles. The van der Waals surface area contributed by atoms with E-state index in [4.69, 9.17) is 9.47 Å². The minimum Gasteiger partial charge on any atom is -0.497 e. The van der Waals surface area contributed by atoms with Gasteiger partial charge in [0.15, 0.2) is 17.3 Å². The van der Waals surface area contributed by atoms with Crippen molar-refractivity contribution in [2.75, 3.05) is 19.1 Å². The summed E-state index contributed by atoms with van der Waals surface area (Å²) in [6.07, 6.45) is 3.51. The number of carbonyl (C=O) groups excluding carboxylic acids is 3. The van der Waals surface area contributed by atoms with Gasteiger partial charge in [-0.1, -0.05) is 72.8 Å². The Labute approximate surface area is 242 Å². The zero-order valence-electron chi connectivity index (χ0n) is 22.9. The van der Waals surface area contributed by atoms with Gasteiger partial charge in [0, 0.05) is 45.5 Å². The van der Waals surface area contributed by atoms with Gasteiger partial charge < -0.3 is 14.4 Å². The maximum Gasteiger partial charge on any atom is 0.185 e. The Hall–Kier alpha value is -5.04. The van der Waals surface area contributed by atoms with Crippen LogP contribution in [0.3, 0.4) is 0 Å². The number of anilines is 1. The summed E-state index contributed by atoms with van der Waals surface area (Å²) in [5, 5.41) is 0. The van der Waals surface area contributed by atoms with E-state index in [0.717, 1.165) is 0 Å². The molecule has 0 amide bonds. The summed E-state index contributed by atoms with van der Waals surface area (Å²) in [5.41, 5.74) is 1.06. The second-order valence-corrected chi connectivity index (χ2v) is 10.7. The number of Topliss-reactive ketones (excluding diaryl/α,β-unsaturated/α-hetero) is 3. The summed E-state index contributed by atoms with van der Waals surface area (Å²) in [4.78, 5) is 46.0. The zero-order chi connectivity index (χ0) is 29.2. The molecule has 1 saturated heterocycles. The van der Waals surface area contributed by atoms with Gasteiger partial charge in [0.1, 0.15) is 28.8 Å². The van der Waals surface area contributed by atoms with Crippen LogP contribution in [0.25, 0.3) is 6.08 Å². The maximum absolute atomic E-state index is 14.7. The molecule has 0 unspecified atom stereocenters. The molecule has 42 heavy (non-hydrogen) atoms. The zero-order valence-corrected chi connectivity index (χ0v) is 22.9. The molecule has 3 aliphatic rings. The Morgan fingerprint density at radius 2 is 1.52 bits per heavy atom. The smallest absolute Gasteiger partial charge is 0.185 e. The van der Waals surface area contributed by atoms with Crippen molar-refractivity contribution in [3.05, 3.63) is 131 Å². The van der Waals surface area contributed by atoms with Crippen LogP contribution < -0.4 is 14.4 Å². The number of methoxy groups -OCH3 is 2. The molecular weight excluding hydrogens is 533 g/mol. The van der Waals surface area contributed by atoms with Crippen LogP contribution in [-0.4, -0.2) is 43.7 Å². The van der Waals surface area contributed by atoms with E-state index in [2.05, 4.69) is 0 Å². The van der Waals surface area contributed by atoms with Gasteiger partial charge in [-0.3, -0.25) is 14.4 Å². The predicted molar refractivity (Wildman–Crippen MR) is 156 cm³/mol. The highest BCUT2D eigenvalue weighted by Crippen LogP contribution is 2.62. The van der Waals surface area contributed by atoms with Crippen LogP contribution in [0, 0.1) is 11.2 Å². The highest BCUT2D eigenvalue weighted by molar-refractivity contribution is 6.32. The summed E-state index contributed by atoms with van der Waals surface area (Å²) in [6, 6.07) is 23.4. The minimum atomic E-state index is -1.69. The number of benzene rings is 4. The van der Waals surface area contributed by atoms with Crippen molar-refractivity contribution in [1.82, 2.24) is 0 Å². The normalized spacial score (nSPS) is 21.2. The van der Waals surface area contributed by atoms with Crippen LogP contribution in [0.2, 0.25) is 0 Å². The largest absolute Gasteiger partial charge is 0.497 e. The molecule has 4 aromatic rings. The number of ketones is 3. The van der Waals surface area contributed by atoms with E-state index in [1.54, 1.807) is 84.9 Å². The van der Waals surface area contributed by atoms with Gasteiger partial charge in [-0.15, -0.1) is 0 Å². The molecule has 7 heteroatoms. The van der Waals surface area contributed by atoms with Gasteiger partial charge in [-0.2, -0.15) is 0 Å². The molecule has 1 fully saturated rings. The van der Waals surface area contributed by atoms with Crippen molar-refractivity contribution >= 4 is 29.1 Å². The molecule has 7 rings (SSSR count). The lowest BCUT2D eigenvalue weighted by Crippen LogP contribution is -2.48. The molecular formula is C35H26FNO5. The van der Waals surface area contributed by atoms with E-state index >= 15 is 0 Å². The quantitative estimate of drug-likeness (QED) is 0.216. The first-order valence-electron chi connectivity index (χ1n) is 13.7. The average Bonchev–Trinajstić information content (AvgIpc) is 3.46. The van der Waals surface area contributed by atoms with Gasteiger partial charge in [0.05, 0.1) is 20.3 Å². The molecule has 2 aliphatic heterocycles. The highest BCUT2D eigenvalue weighted by Gasteiger charge is 2.72. The molecule has 3 atom stereocenters. The number of nitrogens with zero attached hydrogens (tertiary/aromatic N) is 1. The first kappa shape index (κ1) is 25.9. The highest BCUT2D eigenvalue weighted by atomic mass is 19.1. The lowest BCUT2D eigenvalue weighted by atomic mass is 9.64. The van der Waals surface area contributed by atoms with Crippen molar-refractivity contribution in [3.63, 3.8) is 0 Å². The SMILES string of the molecule is COc1ccc([C@@H]2[C@@H](C(=O)c3ccccc3)N3c4ccc(F)cc4C=C[C@H]3C23C(=O)c2ccccc2C3=O)c(OC)c1. The van der Waals surface area contributed by atoms with E-state index in [0.29, 0.717) is 45.0 Å². The number of halogens is 1. The molecule has 0 aromatic heterocycles. The molecule has 2 heterocycles. The number of ether oxygens (including phenoxy) is 2. The van der Waals surface area contributed by atoms with Crippen LogP contribution in [-0.2, 0) is 0 Å². The van der Waals surface area contributed by atoms with Gasteiger partial charge in [0.2, 0.25) is 0 Å². The number of hydrogen-bond donors (Lipinski definition) is 0. The van der Waals surface area contributed by atoms with Crippen LogP contribution in [0.15, 0.2) is 97.1 Å². The Kier molecular flexibility index (Phi) is 5.87. The molecule has 208 valence electrons. The first-order valence-corrected chi connectivity index (χ1v) is 13.7. The summed E-state index contributed by atoms with van der Waals surface area (Å²) < 4.78 is 25.7. The fraction of sp³-hybridized carbons (Fsp3) is 0.171. The molecule has 0 saturated carbocycles. The molecule has 1 spiro atoms. The Morgan fingerprint density at radius 1 is 0.833 bits per heavy atom. The molecule has 0 bridgehead atoms. The average molecular weight is 560 g/mol. The maximum atomic E-state index is 14.7. The number of hydrogen-bond acceptors (Lipinski definition) is 6.